The third-order valence-corrected chi connectivity index (χ3v) is 5.07. The van der Waals surface area contributed by atoms with E-state index >= 15 is 0 Å². The van der Waals surface area contributed by atoms with Crippen LogP contribution in [0.3, 0.4) is 0 Å². The fourth-order valence-corrected chi connectivity index (χ4v) is 3.87. The monoisotopic (exact) mass is 339 g/mol. The average molecular weight is 339 g/mol. The van der Waals surface area contributed by atoms with Crippen molar-refractivity contribution in [2.24, 2.45) is 11.1 Å². The molecule has 6 nitrogen and oxygen atoms in total. The molecule has 0 unspecified atom stereocenters. The van der Waals surface area contributed by atoms with Gasteiger partial charge in [-0.25, -0.2) is 18.4 Å². The van der Waals surface area contributed by atoms with E-state index in [2.05, 4.69) is 17.4 Å². The second kappa shape index (κ2) is 8.31. The molecule has 2 amide bonds. The molecule has 3 N–H and O–H groups in total. The lowest BCUT2D eigenvalue weighted by atomic mass is 9.99. The van der Waals surface area contributed by atoms with E-state index in [1.165, 1.54) is 5.56 Å². The molecule has 1 aliphatic rings. The maximum absolute atomic E-state index is 12.1. The van der Waals surface area contributed by atoms with Crippen LogP contribution in [0.15, 0.2) is 30.3 Å². The number of urea groups is 1. The lowest BCUT2D eigenvalue weighted by Crippen LogP contribution is -2.45. The van der Waals surface area contributed by atoms with Gasteiger partial charge in [0.25, 0.3) is 0 Å². The molecule has 0 bridgehead atoms. The van der Waals surface area contributed by atoms with Gasteiger partial charge >= 0.3 is 6.03 Å². The van der Waals surface area contributed by atoms with Crippen LogP contribution in [0.25, 0.3) is 0 Å². The van der Waals surface area contributed by atoms with Crippen LogP contribution >= 0.6 is 0 Å². The molecule has 0 atom stereocenters. The fourth-order valence-electron chi connectivity index (χ4n) is 2.88. The highest BCUT2D eigenvalue weighted by atomic mass is 32.2. The predicted octanol–water partition coefficient (Wildman–Crippen LogP) is 1.33. The molecule has 0 radical (unpaired) electrons. The van der Waals surface area contributed by atoms with E-state index in [-0.39, 0.29) is 17.7 Å². The first-order chi connectivity index (χ1) is 10.9. The number of sulfonamides is 1. The minimum Gasteiger partial charge on any atom is -0.338 e. The zero-order valence-electron chi connectivity index (χ0n) is 13.3. The molecule has 1 aromatic rings. The Hall–Kier alpha value is -1.60. The zero-order valence-corrected chi connectivity index (χ0v) is 14.1. The number of hydrogen-bond acceptors (Lipinski definition) is 3. The molecule has 1 saturated heterocycles. The quantitative estimate of drug-likeness (QED) is 0.766. The van der Waals surface area contributed by atoms with E-state index in [9.17, 15) is 13.2 Å². The Morgan fingerprint density at radius 2 is 1.87 bits per heavy atom. The number of carbonyl (C=O) groups excluding carboxylic acids is 1. The zero-order chi connectivity index (χ0) is 16.7. The van der Waals surface area contributed by atoms with Crippen LogP contribution in [0.5, 0.6) is 0 Å². The lowest BCUT2D eigenvalue weighted by Gasteiger charge is -2.31. The largest absolute Gasteiger partial charge is 0.338 e. The van der Waals surface area contributed by atoms with E-state index < -0.39 is 10.0 Å². The summed E-state index contributed by atoms with van der Waals surface area (Å²) >= 11 is 0. The number of nitrogens with zero attached hydrogens (tertiary/aromatic N) is 1. The Balaban J connectivity index is 1.63. The minimum absolute atomic E-state index is 0.0134. The van der Waals surface area contributed by atoms with Gasteiger partial charge in [-0.05, 0) is 37.2 Å². The number of nitrogens with one attached hydrogen (secondary N) is 1. The second-order valence-corrected chi connectivity index (χ2v) is 7.74. The summed E-state index contributed by atoms with van der Waals surface area (Å²) in [5, 5.41) is 8.00. The summed E-state index contributed by atoms with van der Waals surface area (Å²) in [7, 11) is -3.42. The molecule has 23 heavy (non-hydrogen) atoms. The highest BCUT2D eigenvalue weighted by Crippen LogP contribution is 2.18. The Labute approximate surface area is 138 Å². The number of carbonyl (C=O) groups is 1. The maximum atomic E-state index is 12.1. The van der Waals surface area contributed by atoms with E-state index in [0.717, 1.165) is 12.8 Å². The van der Waals surface area contributed by atoms with Gasteiger partial charge in [-0.15, -0.1) is 0 Å². The molecular formula is C16H25N3O3S. The Bertz CT molecular complexity index is 596. The fraction of sp³-hybridized carbons (Fsp3) is 0.562. The van der Waals surface area contributed by atoms with E-state index in [0.29, 0.717) is 32.5 Å². The number of nitrogens with two attached hydrogens (primary N) is 1. The normalized spacial score (nSPS) is 16.3. The summed E-state index contributed by atoms with van der Waals surface area (Å²) in [5.74, 6) is 0.0756. The first-order valence-corrected chi connectivity index (χ1v) is 9.73. The number of aryl methyl sites for hydroxylation is 1. The Morgan fingerprint density at radius 3 is 2.48 bits per heavy atom. The molecular weight excluding hydrogens is 314 g/mol. The minimum atomic E-state index is -3.42. The van der Waals surface area contributed by atoms with Crippen LogP contribution in [-0.2, 0) is 16.4 Å². The number of primary sulfonamides is 1. The summed E-state index contributed by atoms with van der Waals surface area (Å²) < 4.78 is 22.2. The SMILES string of the molecule is NS(=O)(=O)CC1CCN(C(=O)NCCCc2ccccc2)CC1. The van der Waals surface area contributed by atoms with Crippen LogP contribution in [0, 0.1) is 5.92 Å². The summed E-state index contributed by atoms with van der Waals surface area (Å²) in [5.41, 5.74) is 1.27. The molecule has 1 fully saturated rings. The average Bonchev–Trinajstić information content (AvgIpc) is 2.51. The van der Waals surface area contributed by atoms with Crippen LogP contribution in [-0.4, -0.2) is 44.7 Å². The molecule has 0 aromatic heterocycles. The molecule has 2 rings (SSSR count). The molecule has 1 aromatic carbocycles. The van der Waals surface area contributed by atoms with E-state index in [4.69, 9.17) is 5.14 Å². The predicted molar refractivity (Wildman–Crippen MR) is 90.4 cm³/mol. The van der Waals surface area contributed by atoms with Gasteiger partial charge < -0.3 is 10.2 Å². The highest BCUT2D eigenvalue weighted by molar-refractivity contribution is 7.89. The smallest absolute Gasteiger partial charge is 0.317 e. The van der Waals surface area contributed by atoms with Crippen molar-refractivity contribution in [1.29, 1.82) is 0 Å². The standard InChI is InChI=1S/C16H25N3O3S/c17-23(21,22)13-15-8-11-19(12-9-15)16(20)18-10-4-7-14-5-2-1-3-6-14/h1-3,5-6,15H,4,7-13H2,(H,18,20)(H2,17,21,22). The molecule has 0 spiro atoms. The molecule has 0 aliphatic carbocycles. The van der Waals surface area contributed by atoms with Crippen LogP contribution < -0.4 is 10.5 Å². The van der Waals surface area contributed by atoms with Gasteiger partial charge in [0.15, 0.2) is 0 Å². The number of benzene rings is 1. The molecule has 1 heterocycles. The number of piperidine rings is 1. The topological polar surface area (TPSA) is 92.5 Å². The van der Waals surface area contributed by atoms with Crippen molar-refractivity contribution in [3.63, 3.8) is 0 Å². The van der Waals surface area contributed by atoms with E-state index in [1.54, 1.807) is 4.90 Å². The highest BCUT2D eigenvalue weighted by Gasteiger charge is 2.25. The van der Waals surface area contributed by atoms with Crippen molar-refractivity contribution < 1.29 is 13.2 Å². The number of hydrogen-bond donors (Lipinski definition) is 2. The van der Waals surface area contributed by atoms with Crippen molar-refractivity contribution in [3.8, 4) is 0 Å². The molecule has 0 saturated carbocycles. The third kappa shape index (κ3) is 6.58. The third-order valence-electron chi connectivity index (χ3n) is 4.13. The van der Waals surface area contributed by atoms with Gasteiger partial charge in [0.1, 0.15) is 0 Å². The van der Waals surface area contributed by atoms with Crippen molar-refractivity contribution in [2.45, 2.75) is 25.7 Å². The Morgan fingerprint density at radius 1 is 1.22 bits per heavy atom. The van der Waals surface area contributed by atoms with Gasteiger partial charge in [0, 0.05) is 19.6 Å². The van der Waals surface area contributed by atoms with Gasteiger partial charge in [0.05, 0.1) is 5.75 Å². The number of amides is 2. The van der Waals surface area contributed by atoms with Crippen molar-refractivity contribution >= 4 is 16.1 Å². The maximum Gasteiger partial charge on any atom is 0.317 e. The van der Waals surface area contributed by atoms with Crippen LogP contribution in [0.2, 0.25) is 0 Å². The van der Waals surface area contributed by atoms with Crippen LogP contribution in [0.4, 0.5) is 4.79 Å². The Kier molecular flexibility index (Phi) is 6.41. The summed E-state index contributed by atoms with van der Waals surface area (Å²) in [6.07, 6.45) is 3.22. The van der Waals surface area contributed by atoms with Crippen molar-refractivity contribution in [3.05, 3.63) is 35.9 Å². The lowest BCUT2D eigenvalue weighted by molar-refractivity contribution is 0.174. The van der Waals surface area contributed by atoms with Gasteiger partial charge in [-0.3, -0.25) is 0 Å². The second-order valence-electron chi connectivity index (χ2n) is 6.08. The van der Waals surface area contributed by atoms with Crippen molar-refractivity contribution in [1.82, 2.24) is 10.2 Å². The first-order valence-electron chi connectivity index (χ1n) is 8.01. The summed E-state index contributed by atoms with van der Waals surface area (Å²) in [4.78, 5) is 13.8. The van der Waals surface area contributed by atoms with Gasteiger partial charge in [-0.2, -0.15) is 0 Å². The molecule has 1 aliphatic heterocycles. The van der Waals surface area contributed by atoms with Gasteiger partial charge in [0.2, 0.25) is 10.0 Å². The van der Waals surface area contributed by atoms with E-state index in [1.807, 2.05) is 18.2 Å². The molecule has 7 heteroatoms. The summed E-state index contributed by atoms with van der Waals surface area (Å²) in [6.45, 7) is 1.82. The van der Waals surface area contributed by atoms with Crippen molar-refractivity contribution in [2.75, 3.05) is 25.4 Å². The molecule has 128 valence electrons. The van der Waals surface area contributed by atoms with Gasteiger partial charge in [-0.1, -0.05) is 30.3 Å². The number of rotatable bonds is 6. The number of likely N-dealkylation sites (tertiary alicyclic amines) is 1. The van der Waals surface area contributed by atoms with Crippen LogP contribution in [0.1, 0.15) is 24.8 Å². The summed E-state index contributed by atoms with van der Waals surface area (Å²) in [6, 6.07) is 10.1. The first kappa shape index (κ1) is 17.7.